The molecule has 2 aliphatic heterocycles. The van der Waals surface area contributed by atoms with Crippen molar-refractivity contribution in [2.45, 2.75) is 12.5 Å². The van der Waals surface area contributed by atoms with Crippen LogP contribution in [0.1, 0.15) is 6.42 Å². The van der Waals surface area contributed by atoms with Gasteiger partial charge in [-0.15, -0.1) is 0 Å². The molecule has 0 saturated carbocycles. The minimum atomic E-state index is 0.519. The molecule has 1 atom stereocenters. The van der Waals surface area contributed by atoms with E-state index in [0.717, 1.165) is 0 Å². The number of hydrogen-bond acceptors (Lipinski definition) is 1. The van der Waals surface area contributed by atoms with E-state index in [1.807, 2.05) is 0 Å². The van der Waals surface area contributed by atoms with E-state index in [0.29, 0.717) is 6.04 Å². The average molecular weight is 129 g/mol. The van der Waals surface area contributed by atoms with Crippen LogP contribution in [0, 0.1) is 0 Å². The highest BCUT2D eigenvalue weighted by Crippen LogP contribution is 2.35. The molecular formula is C9H7N. The first kappa shape index (κ1) is 4.67. The maximum absolute atomic E-state index is 4.40. The maximum atomic E-state index is 4.40. The predicted molar refractivity (Wildman–Crippen MR) is 41.1 cm³/mol. The van der Waals surface area contributed by atoms with E-state index in [1.54, 1.807) is 0 Å². The smallest absolute Gasteiger partial charge is 0.0813 e. The fourth-order valence-corrected chi connectivity index (χ4v) is 1.72. The molecule has 0 saturated heterocycles. The summed E-state index contributed by atoms with van der Waals surface area (Å²) in [5.41, 5.74) is 4.10. The monoisotopic (exact) mass is 129 g/mol. The van der Waals surface area contributed by atoms with Crippen LogP contribution in [0.2, 0.25) is 0 Å². The van der Waals surface area contributed by atoms with Crippen molar-refractivity contribution in [1.29, 1.82) is 0 Å². The summed E-state index contributed by atoms with van der Waals surface area (Å²) in [5.74, 6) is 0. The van der Waals surface area contributed by atoms with Gasteiger partial charge in [0.2, 0.25) is 0 Å². The van der Waals surface area contributed by atoms with Crippen LogP contribution in [-0.4, -0.2) is 11.8 Å². The van der Waals surface area contributed by atoms with E-state index in [1.165, 1.54) is 23.3 Å². The van der Waals surface area contributed by atoms with E-state index in [4.69, 9.17) is 0 Å². The zero-order chi connectivity index (χ0) is 6.55. The maximum Gasteiger partial charge on any atom is 0.0813 e. The Labute approximate surface area is 59.5 Å². The highest BCUT2D eigenvalue weighted by Gasteiger charge is 2.30. The van der Waals surface area contributed by atoms with Crippen LogP contribution in [0.5, 0.6) is 0 Å². The third-order valence-corrected chi connectivity index (χ3v) is 2.29. The van der Waals surface area contributed by atoms with E-state index in [9.17, 15) is 0 Å². The van der Waals surface area contributed by atoms with Crippen LogP contribution in [0.25, 0.3) is 0 Å². The first-order chi connectivity index (χ1) is 4.93. The van der Waals surface area contributed by atoms with E-state index >= 15 is 0 Å². The Morgan fingerprint density at radius 3 is 3.20 bits per heavy atom. The fourth-order valence-electron chi connectivity index (χ4n) is 1.72. The van der Waals surface area contributed by atoms with Gasteiger partial charge in [-0.3, -0.25) is 4.99 Å². The Morgan fingerprint density at radius 1 is 1.50 bits per heavy atom. The number of hydrogen-bond donors (Lipinski definition) is 0. The Morgan fingerprint density at radius 2 is 2.40 bits per heavy atom. The molecule has 1 nitrogen and oxygen atoms in total. The van der Waals surface area contributed by atoms with Crippen molar-refractivity contribution in [3.8, 4) is 0 Å². The molecule has 2 heterocycles. The highest BCUT2D eigenvalue weighted by atomic mass is 14.9. The summed E-state index contributed by atoms with van der Waals surface area (Å²) in [6.45, 7) is 0. The zero-order valence-corrected chi connectivity index (χ0v) is 5.54. The Hall–Kier alpha value is -1.11. The molecule has 4 aliphatic rings. The third-order valence-electron chi connectivity index (χ3n) is 2.29. The average Bonchev–Trinajstić information content (AvgIpc) is 2.29. The van der Waals surface area contributed by atoms with E-state index in [-0.39, 0.29) is 0 Å². The normalized spacial score (nSPS) is 32.0. The largest absolute Gasteiger partial charge is 0.281 e. The summed E-state index contributed by atoms with van der Waals surface area (Å²) in [5, 5.41) is 0. The lowest BCUT2D eigenvalue weighted by molar-refractivity contribution is 0.743. The first-order valence-corrected chi connectivity index (χ1v) is 3.60. The first-order valence-electron chi connectivity index (χ1n) is 3.60. The predicted octanol–water partition coefficient (Wildman–Crippen LogP) is 1.64. The number of allylic oxidation sites excluding steroid dienone is 4. The Balaban J connectivity index is 2.24. The lowest BCUT2D eigenvalue weighted by Crippen LogP contribution is -2.29. The summed E-state index contributed by atoms with van der Waals surface area (Å²) in [6, 6.07) is 0.519. The lowest BCUT2D eigenvalue weighted by Gasteiger charge is -2.29. The topological polar surface area (TPSA) is 12.4 Å². The van der Waals surface area contributed by atoms with Crippen molar-refractivity contribution < 1.29 is 0 Å². The molecule has 48 valence electrons. The molecule has 1 unspecified atom stereocenters. The van der Waals surface area contributed by atoms with Gasteiger partial charge in [-0.25, -0.2) is 0 Å². The van der Waals surface area contributed by atoms with E-state index in [2.05, 4.69) is 29.3 Å². The molecule has 1 heteroatoms. The molecule has 2 bridgehead atoms. The van der Waals surface area contributed by atoms with Gasteiger partial charge in [-0.2, -0.15) is 0 Å². The molecule has 4 rings (SSSR count). The summed E-state index contributed by atoms with van der Waals surface area (Å²) in [6.07, 6.45) is 9.82. The van der Waals surface area contributed by atoms with Crippen molar-refractivity contribution in [2.24, 2.45) is 4.99 Å². The van der Waals surface area contributed by atoms with E-state index < -0.39 is 0 Å². The molecule has 0 aromatic carbocycles. The molecule has 10 heavy (non-hydrogen) atoms. The molecule has 0 fully saturated rings. The van der Waals surface area contributed by atoms with Gasteiger partial charge in [0.1, 0.15) is 0 Å². The quantitative estimate of drug-likeness (QED) is 0.471. The molecule has 0 N–H and O–H groups in total. The minimum Gasteiger partial charge on any atom is -0.281 e. The lowest BCUT2D eigenvalue weighted by atomic mass is 9.85. The summed E-state index contributed by atoms with van der Waals surface area (Å²) in [7, 11) is 0. The highest BCUT2D eigenvalue weighted by molar-refractivity contribution is 6.04. The Kier molecular flexibility index (Phi) is 0.613. The second-order valence-electron chi connectivity index (χ2n) is 2.92. The minimum absolute atomic E-state index is 0.519. The SMILES string of the molecule is C1=CC2=CC3=NC(C3)C2=C1. The van der Waals surface area contributed by atoms with Crippen molar-refractivity contribution in [3.63, 3.8) is 0 Å². The van der Waals surface area contributed by atoms with Crippen molar-refractivity contribution >= 4 is 5.71 Å². The molecule has 0 radical (unpaired) electrons. The van der Waals surface area contributed by atoms with Gasteiger partial charge >= 0.3 is 0 Å². The standard InChI is InChI=1S/C9H7N/c1-2-6-4-7-5-9(10-7)8(6)3-1/h1-4,9H,5H2. The second kappa shape index (κ2) is 1.31. The molecule has 0 aromatic heterocycles. The number of aliphatic imine (C=N–C) groups is 1. The van der Waals surface area contributed by atoms with Crippen LogP contribution in [0.3, 0.4) is 0 Å². The van der Waals surface area contributed by atoms with Gasteiger partial charge < -0.3 is 0 Å². The van der Waals surface area contributed by atoms with Gasteiger partial charge in [-0.1, -0.05) is 18.2 Å². The van der Waals surface area contributed by atoms with Crippen molar-refractivity contribution in [1.82, 2.24) is 0 Å². The fraction of sp³-hybridized carbons (Fsp3) is 0.222. The molecule has 0 amide bonds. The number of dihydropyridines is 1. The number of rotatable bonds is 0. The van der Waals surface area contributed by atoms with Crippen molar-refractivity contribution in [3.05, 3.63) is 35.5 Å². The van der Waals surface area contributed by atoms with Crippen LogP contribution in [0.4, 0.5) is 0 Å². The van der Waals surface area contributed by atoms with Gasteiger partial charge in [0, 0.05) is 12.1 Å². The van der Waals surface area contributed by atoms with Crippen LogP contribution >= 0.6 is 0 Å². The van der Waals surface area contributed by atoms with Gasteiger partial charge in [-0.05, 0) is 17.2 Å². The molecular weight excluding hydrogens is 122 g/mol. The summed E-state index contributed by atoms with van der Waals surface area (Å²) < 4.78 is 0. The molecule has 2 aliphatic carbocycles. The molecule has 0 aromatic rings. The summed E-state index contributed by atoms with van der Waals surface area (Å²) >= 11 is 0. The van der Waals surface area contributed by atoms with Crippen LogP contribution in [-0.2, 0) is 0 Å². The third kappa shape index (κ3) is 0.386. The number of nitrogens with zero attached hydrogens (tertiary/aromatic N) is 1. The summed E-state index contributed by atoms with van der Waals surface area (Å²) in [4.78, 5) is 4.40. The van der Waals surface area contributed by atoms with Crippen LogP contribution in [0.15, 0.2) is 40.4 Å². The van der Waals surface area contributed by atoms with Crippen LogP contribution < -0.4 is 0 Å². The van der Waals surface area contributed by atoms with Gasteiger partial charge in [0.25, 0.3) is 0 Å². The second-order valence-corrected chi connectivity index (χ2v) is 2.92. The zero-order valence-electron chi connectivity index (χ0n) is 5.54. The van der Waals surface area contributed by atoms with Gasteiger partial charge in [0.05, 0.1) is 6.04 Å². The van der Waals surface area contributed by atoms with Gasteiger partial charge in [0.15, 0.2) is 0 Å². The van der Waals surface area contributed by atoms with Crippen molar-refractivity contribution in [2.75, 3.05) is 0 Å². The molecule has 0 spiro atoms. The Bertz CT molecular complexity index is 316.